The second-order valence-electron chi connectivity index (χ2n) is 4.14. The van der Waals surface area contributed by atoms with E-state index in [0.717, 1.165) is 6.26 Å². The summed E-state index contributed by atoms with van der Waals surface area (Å²) in [5, 5.41) is 3.16. The number of nitrogens with one attached hydrogen (secondary N) is 1. The highest BCUT2D eigenvalue weighted by molar-refractivity contribution is 7.90. The van der Waals surface area contributed by atoms with Gasteiger partial charge >= 0.3 is 0 Å². The van der Waals surface area contributed by atoms with Gasteiger partial charge < -0.3 is 9.88 Å². The average molecular weight is 266 g/mol. The molecule has 2 aromatic heterocycles. The van der Waals surface area contributed by atoms with Crippen LogP contribution in [-0.4, -0.2) is 41.7 Å². The molecule has 0 atom stereocenters. The van der Waals surface area contributed by atoms with Gasteiger partial charge in [0, 0.05) is 30.9 Å². The third kappa shape index (κ3) is 1.57. The van der Waals surface area contributed by atoms with Gasteiger partial charge in [-0.2, -0.15) is 4.98 Å². The minimum absolute atomic E-state index is 0.180. The Morgan fingerprint density at radius 3 is 2.94 bits per heavy atom. The van der Waals surface area contributed by atoms with Gasteiger partial charge in [0.1, 0.15) is 11.3 Å². The summed E-state index contributed by atoms with van der Waals surface area (Å²) in [6, 6.07) is 1.66. The molecule has 2 aromatic rings. The van der Waals surface area contributed by atoms with Crippen molar-refractivity contribution < 1.29 is 13.2 Å². The van der Waals surface area contributed by atoms with Crippen LogP contribution in [0.3, 0.4) is 0 Å². The van der Waals surface area contributed by atoms with E-state index in [2.05, 4.69) is 15.3 Å². The third-order valence-electron chi connectivity index (χ3n) is 2.80. The van der Waals surface area contributed by atoms with Crippen molar-refractivity contribution in [3.63, 3.8) is 0 Å². The van der Waals surface area contributed by atoms with E-state index in [-0.39, 0.29) is 11.1 Å². The largest absolute Gasteiger partial charge is 0.349 e. The number of carbonyl (C=O) groups is 1. The minimum Gasteiger partial charge on any atom is -0.349 e. The van der Waals surface area contributed by atoms with Crippen molar-refractivity contribution in [2.75, 3.05) is 12.8 Å². The van der Waals surface area contributed by atoms with Crippen molar-refractivity contribution in [3.8, 4) is 0 Å². The first kappa shape index (κ1) is 11.1. The third-order valence-corrected chi connectivity index (χ3v) is 3.66. The predicted molar refractivity (Wildman–Crippen MR) is 63.0 cm³/mol. The molecule has 0 radical (unpaired) electrons. The van der Waals surface area contributed by atoms with Crippen molar-refractivity contribution >= 4 is 26.8 Å². The number of amides is 1. The summed E-state index contributed by atoms with van der Waals surface area (Å²) >= 11 is 0. The Balaban J connectivity index is 2.32. The van der Waals surface area contributed by atoms with Crippen LogP contribution in [0.15, 0.2) is 17.4 Å². The molecule has 0 saturated carbocycles. The van der Waals surface area contributed by atoms with E-state index in [1.807, 2.05) is 0 Å². The van der Waals surface area contributed by atoms with Gasteiger partial charge in [-0.1, -0.05) is 0 Å². The normalized spacial score (nSPS) is 15.5. The van der Waals surface area contributed by atoms with Crippen molar-refractivity contribution in [2.24, 2.45) is 0 Å². The average Bonchev–Trinajstić information content (AvgIpc) is 2.67. The molecule has 0 fully saturated rings. The lowest BCUT2D eigenvalue weighted by Gasteiger charge is -2.15. The van der Waals surface area contributed by atoms with Gasteiger partial charge in [0.05, 0.1) is 0 Å². The Morgan fingerprint density at radius 1 is 1.44 bits per heavy atom. The molecular formula is C10H10N4O3S. The molecule has 7 nitrogen and oxygen atoms in total. The highest BCUT2D eigenvalue weighted by atomic mass is 32.2. The van der Waals surface area contributed by atoms with Crippen LogP contribution in [0.4, 0.5) is 0 Å². The van der Waals surface area contributed by atoms with Gasteiger partial charge in [0.25, 0.3) is 5.91 Å². The Bertz CT molecular complexity index is 763. The number of nitrogens with zero attached hydrogens (tertiary/aromatic N) is 3. The Morgan fingerprint density at radius 2 is 2.22 bits per heavy atom. The molecule has 0 bridgehead atoms. The molecule has 94 valence electrons. The van der Waals surface area contributed by atoms with E-state index in [1.165, 1.54) is 6.20 Å². The summed E-state index contributed by atoms with van der Waals surface area (Å²) in [7, 11) is -3.45. The molecule has 0 spiro atoms. The van der Waals surface area contributed by atoms with Gasteiger partial charge in [-0.3, -0.25) is 4.79 Å². The van der Waals surface area contributed by atoms with E-state index in [4.69, 9.17) is 0 Å². The van der Waals surface area contributed by atoms with Crippen molar-refractivity contribution in [1.29, 1.82) is 0 Å². The fraction of sp³-hybridized carbons (Fsp3) is 0.300. The summed E-state index contributed by atoms with van der Waals surface area (Å²) in [4.78, 5) is 19.5. The number of hydrogen-bond donors (Lipinski definition) is 1. The van der Waals surface area contributed by atoms with Gasteiger partial charge in [-0.25, -0.2) is 13.4 Å². The molecule has 1 N–H and O–H groups in total. The van der Waals surface area contributed by atoms with Crippen molar-refractivity contribution in [3.05, 3.63) is 18.0 Å². The Labute approximate surface area is 103 Å². The molecule has 1 aliphatic rings. The molecule has 1 amide bonds. The lowest BCUT2D eigenvalue weighted by Crippen LogP contribution is -2.35. The number of carbonyl (C=O) groups excluding carboxylic acids is 1. The molecule has 18 heavy (non-hydrogen) atoms. The number of fused-ring (bicyclic) bond motifs is 3. The van der Waals surface area contributed by atoms with Gasteiger partial charge in [-0.05, 0) is 6.07 Å². The van der Waals surface area contributed by atoms with Crippen LogP contribution < -0.4 is 5.32 Å². The van der Waals surface area contributed by atoms with E-state index in [9.17, 15) is 13.2 Å². The molecule has 0 aliphatic carbocycles. The number of rotatable bonds is 1. The van der Waals surface area contributed by atoms with E-state index < -0.39 is 9.84 Å². The van der Waals surface area contributed by atoms with Gasteiger partial charge in [0.2, 0.25) is 15.0 Å². The highest BCUT2D eigenvalue weighted by Crippen LogP contribution is 2.20. The maximum absolute atomic E-state index is 11.6. The topological polar surface area (TPSA) is 93.9 Å². The molecule has 8 heteroatoms. The molecule has 0 unspecified atom stereocenters. The second-order valence-corrected chi connectivity index (χ2v) is 6.05. The number of sulfone groups is 1. The zero-order valence-corrected chi connectivity index (χ0v) is 10.4. The minimum atomic E-state index is -3.45. The SMILES string of the molecule is CS(=O)(=O)c1ncc2cc3n(c2n1)CCNC3=O. The fourth-order valence-corrected chi connectivity index (χ4v) is 2.49. The number of aromatic nitrogens is 3. The molecular weight excluding hydrogens is 256 g/mol. The van der Waals surface area contributed by atoms with Gasteiger partial charge in [0.15, 0.2) is 0 Å². The van der Waals surface area contributed by atoms with Crippen LogP contribution in [0.5, 0.6) is 0 Å². The van der Waals surface area contributed by atoms with E-state index in [0.29, 0.717) is 29.8 Å². The van der Waals surface area contributed by atoms with Crippen molar-refractivity contribution in [1.82, 2.24) is 19.9 Å². The molecule has 0 aromatic carbocycles. The lowest BCUT2D eigenvalue weighted by molar-refractivity contribution is 0.0929. The predicted octanol–water partition coefficient (Wildman–Crippen LogP) is -0.422. The Hall–Kier alpha value is -1.96. The first-order valence-corrected chi connectivity index (χ1v) is 7.20. The first-order chi connectivity index (χ1) is 8.47. The van der Waals surface area contributed by atoms with Crippen LogP contribution in [0.25, 0.3) is 11.0 Å². The molecule has 0 saturated heterocycles. The van der Waals surface area contributed by atoms with Crippen molar-refractivity contribution in [2.45, 2.75) is 11.7 Å². The second kappa shape index (κ2) is 3.52. The molecule has 1 aliphatic heterocycles. The van der Waals surface area contributed by atoms with Crippen LogP contribution in [0.2, 0.25) is 0 Å². The fourth-order valence-electron chi connectivity index (χ4n) is 1.99. The zero-order valence-electron chi connectivity index (χ0n) is 9.54. The maximum Gasteiger partial charge on any atom is 0.268 e. The molecule has 3 heterocycles. The smallest absolute Gasteiger partial charge is 0.268 e. The Kier molecular flexibility index (Phi) is 2.18. The van der Waals surface area contributed by atoms with E-state index >= 15 is 0 Å². The number of hydrogen-bond acceptors (Lipinski definition) is 5. The standard InChI is InChI=1S/C10H10N4O3S/c1-18(16,17)10-12-5-6-4-7-9(15)11-2-3-14(7)8(6)13-10/h4-5H,2-3H2,1H3,(H,11,15). The molecule has 3 rings (SSSR count). The lowest BCUT2D eigenvalue weighted by atomic mass is 10.3. The summed E-state index contributed by atoms with van der Waals surface area (Å²) in [5.41, 5.74) is 0.964. The van der Waals surface area contributed by atoms with Crippen LogP contribution >= 0.6 is 0 Å². The van der Waals surface area contributed by atoms with Crippen LogP contribution in [0, 0.1) is 0 Å². The van der Waals surface area contributed by atoms with Gasteiger partial charge in [-0.15, -0.1) is 0 Å². The van der Waals surface area contributed by atoms with Crippen LogP contribution in [0.1, 0.15) is 10.5 Å². The zero-order chi connectivity index (χ0) is 12.9. The quantitative estimate of drug-likeness (QED) is 0.707. The summed E-state index contributed by atoms with van der Waals surface area (Å²) in [6.45, 7) is 1.08. The summed E-state index contributed by atoms with van der Waals surface area (Å²) in [5.74, 6) is -0.180. The monoisotopic (exact) mass is 266 g/mol. The van der Waals surface area contributed by atoms with E-state index in [1.54, 1.807) is 10.6 Å². The summed E-state index contributed by atoms with van der Waals surface area (Å²) in [6.07, 6.45) is 2.48. The first-order valence-electron chi connectivity index (χ1n) is 5.31. The highest BCUT2D eigenvalue weighted by Gasteiger charge is 2.22. The summed E-state index contributed by atoms with van der Waals surface area (Å²) < 4.78 is 24.5. The van der Waals surface area contributed by atoms with Crippen LogP contribution in [-0.2, 0) is 16.4 Å². The maximum atomic E-state index is 11.6.